The Morgan fingerprint density at radius 1 is 0.731 bits per heavy atom. The van der Waals surface area contributed by atoms with Crippen LogP contribution in [0.5, 0.6) is 11.5 Å². The second-order valence-corrected chi connectivity index (χ2v) is 8.09. The lowest BCUT2D eigenvalue weighted by molar-refractivity contribution is -0.159. The van der Waals surface area contributed by atoms with Gasteiger partial charge >= 0.3 is 8.53 Å². The maximum atomic E-state index is 11.2. The Kier molecular flexibility index (Phi) is 6.49. The summed E-state index contributed by atoms with van der Waals surface area (Å²) in [5, 5.41) is 0. The average molecular weight is 425 g/mol. The van der Waals surface area contributed by atoms with Gasteiger partial charge in [-0.3, -0.25) is 14.6 Å². The number of hydrogen-bond acceptors (Lipinski definition) is 9. The summed E-state index contributed by atoms with van der Waals surface area (Å²) in [5.74, 6) is -0.732. The lowest BCUT2D eigenvalue weighted by Gasteiger charge is -2.13. The van der Waals surface area contributed by atoms with Gasteiger partial charge in [0.05, 0.1) is 0 Å². The van der Waals surface area contributed by atoms with Crippen molar-refractivity contribution < 1.29 is 45.1 Å². The molecule has 0 aliphatic carbocycles. The van der Waals surface area contributed by atoms with E-state index >= 15 is 0 Å². The minimum Gasteiger partial charge on any atom is -0.329 e. The summed E-state index contributed by atoms with van der Waals surface area (Å²) in [4.78, 5) is 8.27. The highest BCUT2D eigenvalue weighted by molar-refractivity contribution is 7.86. The van der Waals surface area contributed by atoms with Crippen LogP contribution in [0.25, 0.3) is 0 Å². The van der Waals surface area contributed by atoms with Crippen LogP contribution in [0.3, 0.4) is 0 Å². The van der Waals surface area contributed by atoms with Crippen molar-refractivity contribution in [2.75, 3.05) is 0 Å². The summed E-state index contributed by atoms with van der Waals surface area (Å²) in [6.07, 6.45) is 0. The topological polar surface area (TPSA) is 172 Å². The van der Waals surface area contributed by atoms with Gasteiger partial charge in [0.1, 0.15) is 9.79 Å². The fraction of sp³-hybridized carbons (Fsp3) is 0. The first-order valence-corrected chi connectivity index (χ1v) is 10.6. The minimum absolute atomic E-state index is 0.366. The lowest BCUT2D eigenvalue weighted by atomic mass is 10.3. The molecule has 0 spiro atoms. The van der Waals surface area contributed by atoms with Crippen molar-refractivity contribution in [1.29, 1.82) is 0 Å². The Morgan fingerprint density at radius 3 is 1.42 bits per heavy atom. The number of benzene rings is 2. The van der Waals surface area contributed by atoms with Crippen LogP contribution in [0.2, 0.25) is 0 Å². The van der Waals surface area contributed by atoms with Crippen LogP contribution in [-0.4, -0.2) is 25.9 Å². The van der Waals surface area contributed by atoms with E-state index in [9.17, 15) is 16.8 Å². The smallest absolute Gasteiger partial charge is 0.329 e. The molecule has 0 amide bonds. The molecule has 0 unspecified atom stereocenters. The molecule has 2 rings (SSSR count). The summed E-state index contributed by atoms with van der Waals surface area (Å²) in [7, 11) is -11.5. The molecular formula is C12H12NO10PS2. The summed E-state index contributed by atoms with van der Waals surface area (Å²) in [5.41, 5.74) is 5.43. The SMILES string of the molecule is NP(OOc1ccccc1S(=O)(=O)O)OOc1ccccc1S(=O)(=O)O. The summed E-state index contributed by atoms with van der Waals surface area (Å²) in [6, 6.07) is 9.98. The first-order valence-electron chi connectivity index (χ1n) is 6.46. The number of hydrogen-bond donors (Lipinski definition) is 3. The van der Waals surface area contributed by atoms with Gasteiger partial charge in [0, 0.05) is 0 Å². The van der Waals surface area contributed by atoms with Gasteiger partial charge in [0.25, 0.3) is 20.2 Å². The summed E-state index contributed by atoms with van der Waals surface area (Å²) < 4.78 is 72.2. The van der Waals surface area contributed by atoms with Crippen molar-refractivity contribution in [3.63, 3.8) is 0 Å². The van der Waals surface area contributed by atoms with Gasteiger partial charge in [0.15, 0.2) is 11.5 Å². The van der Waals surface area contributed by atoms with Gasteiger partial charge in [-0.15, -0.1) is 9.35 Å². The fourth-order valence-corrected chi connectivity index (χ4v) is 3.18. The zero-order chi connectivity index (χ0) is 19.4. The maximum absolute atomic E-state index is 11.2. The standard InChI is InChI=1S/C12H12NO10PS2/c13-24(22-20-9-5-1-3-7-11(9)25(14,15)16)23-21-10-6-2-4-8-12(10)26(17,18)19/h1-8H,13H2,(H,14,15,16)(H,17,18,19). The second kappa shape index (κ2) is 8.24. The Bertz CT molecular complexity index is 900. The molecule has 4 N–H and O–H groups in total. The van der Waals surface area contributed by atoms with E-state index in [4.69, 9.17) is 24.4 Å². The molecule has 0 aliphatic heterocycles. The highest BCUT2D eigenvalue weighted by Gasteiger charge is 2.21. The zero-order valence-electron chi connectivity index (χ0n) is 12.6. The Labute approximate surface area is 149 Å². The molecule has 0 saturated carbocycles. The monoisotopic (exact) mass is 425 g/mol. The third-order valence-electron chi connectivity index (χ3n) is 2.66. The van der Waals surface area contributed by atoms with Crippen LogP contribution in [0.4, 0.5) is 0 Å². The van der Waals surface area contributed by atoms with E-state index in [1.54, 1.807) is 0 Å². The van der Waals surface area contributed by atoms with Crippen LogP contribution in [0.1, 0.15) is 0 Å². The first kappa shape index (κ1) is 20.5. The molecule has 0 aromatic heterocycles. The van der Waals surface area contributed by atoms with Crippen molar-refractivity contribution in [2.45, 2.75) is 9.79 Å². The van der Waals surface area contributed by atoms with Gasteiger partial charge in [0.2, 0.25) is 0 Å². The Morgan fingerprint density at radius 2 is 1.08 bits per heavy atom. The fourth-order valence-electron chi connectivity index (χ4n) is 1.63. The van der Waals surface area contributed by atoms with E-state index in [2.05, 4.69) is 9.35 Å². The lowest BCUT2D eigenvalue weighted by Crippen LogP contribution is -2.08. The molecule has 2 aromatic carbocycles. The normalized spacial score (nSPS) is 12.2. The Balaban J connectivity index is 2.01. The maximum Gasteiger partial charge on any atom is 0.345 e. The molecule has 14 heteroatoms. The minimum atomic E-state index is -4.56. The molecular weight excluding hydrogens is 413 g/mol. The third-order valence-corrected chi connectivity index (χ3v) is 4.88. The first-order chi connectivity index (χ1) is 12.1. The van der Waals surface area contributed by atoms with Crippen molar-refractivity contribution >= 4 is 28.8 Å². The van der Waals surface area contributed by atoms with Crippen molar-refractivity contribution in [3.8, 4) is 11.5 Å². The molecule has 142 valence electrons. The van der Waals surface area contributed by atoms with Gasteiger partial charge in [-0.05, 0) is 24.3 Å². The van der Waals surface area contributed by atoms with Crippen molar-refractivity contribution in [3.05, 3.63) is 48.5 Å². The summed E-state index contributed by atoms with van der Waals surface area (Å²) >= 11 is 0. The quantitative estimate of drug-likeness (QED) is 0.243. The second-order valence-electron chi connectivity index (χ2n) is 4.44. The van der Waals surface area contributed by atoms with Crippen molar-refractivity contribution in [1.82, 2.24) is 0 Å². The van der Waals surface area contributed by atoms with E-state index in [1.165, 1.54) is 36.4 Å². The van der Waals surface area contributed by atoms with E-state index in [1.807, 2.05) is 0 Å². The Hall–Kier alpha value is -1.83. The molecule has 0 bridgehead atoms. The van der Waals surface area contributed by atoms with E-state index < -0.39 is 38.6 Å². The van der Waals surface area contributed by atoms with Crippen LogP contribution >= 0.6 is 8.53 Å². The molecule has 11 nitrogen and oxygen atoms in total. The molecule has 2 aromatic rings. The molecule has 0 aliphatic rings. The van der Waals surface area contributed by atoms with E-state index in [0.717, 1.165) is 12.1 Å². The van der Waals surface area contributed by atoms with Crippen molar-refractivity contribution in [2.24, 2.45) is 5.50 Å². The molecule has 26 heavy (non-hydrogen) atoms. The number of rotatable bonds is 8. The molecule has 0 atom stereocenters. The predicted octanol–water partition coefficient (Wildman–Crippen LogP) is 1.69. The highest BCUT2D eigenvalue weighted by Crippen LogP contribution is 2.34. The predicted molar refractivity (Wildman–Crippen MR) is 87.0 cm³/mol. The van der Waals surface area contributed by atoms with Gasteiger partial charge in [-0.1, -0.05) is 24.3 Å². The van der Waals surface area contributed by atoms with Crippen LogP contribution < -0.4 is 15.3 Å². The van der Waals surface area contributed by atoms with Gasteiger partial charge in [-0.2, -0.15) is 16.8 Å². The van der Waals surface area contributed by atoms with Gasteiger partial charge in [-0.25, -0.2) is 0 Å². The van der Waals surface area contributed by atoms with Gasteiger partial charge < -0.3 is 9.78 Å². The molecule has 0 heterocycles. The number of para-hydroxylation sites is 2. The molecule has 0 saturated heterocycles. The van der Waals surface area contributed by atoms with E-state index in [0.29, 0.717) is 0 Å². The highest BCUT2D eigenvalue weighted by atomic mass is 32.2. The number of nitrogens with two attached hydrogens (primary N) is 1. The zero-order valence-corrected chi connectivity index (χ0v) is 15.1. The average Bonchev–Trinajstić information content (AvgIpc) is 2.57. The third kappa shape index (κ3) is 5.59. The molecule has 0 fully saturated rings. The van der Waals surface area contributed by atoms with E-state index in [-0.39, 0.29) is 11.5 Å². The van der Waals surface area contributed by atoms with Crippen LogP contribution in [0.15, 0.2) is 58.3 Å². The summed E-state index contributed by atoms with van der Waals surface area (Å²) in [6.45, 7) is 0. The van der Waals surface area contributed by atoms with Crippen LogP contribution in [-0.2, 0) is 29.6 Å². The molecule has 0 radical (unpaired) electrons. The largest absolute Gasteiger partial charge is 0.345 e. The van der Waals surface area contributed by atoms with Crippen LogP contribution in [0, 0.1) is 0 Å².